The molecule has 0 saturated carbocycles. The third-order valence-corrected chi connectivity index (χ3v) is 3.75. The molecule has 0 radical (unpaired) electrons. The Kier molecular flexibility index (Phi) is 3.26. The molecule has 0 spiro atoms. The summed E-state index contributed by atoms with van der Waals surface area (Å²) in [5.74, 6) is -0.508. The van der Waals surface area contributed by atoms with Gasteiger partial charge < -0.3 is 20.3 Å². The highest BCUT2D eigenvalue weighted by Gasteiger charge is 2.27. The number of nitrogens with two attached hydrogens (primary N) is 1. The topological polar surface area (TPSA) is 81.8 Å². The molecule has 0 amide bonds. The van der Waals surface area contributed by atoms with Crippen molar-refractivity contribution in [2.45, 2.75) is 12.8 Å². The lowest BCUT2D eigenvalue weighted by Crippen LogP contribution is -2.22. The molecule has 1 heterocycles. The fourth-order valence-corrected chi connectivity index (χ4v) is 2.38. The predicted molar refractivity (Wildman–Crippen MR) is 64.4 cm³/mol. The molecule has 1 aromatic carbocycles. The van der Waals surface area contributed by atoms with Crippen molar-refractivity contribution in [1.82, 2.24) is 0 Å². The molecule has 5 nitrogen and oxygen atoms in total. The SMILES string of the molecule is Cc1c(C(CN)C(=O)O)cc2c(c1Br)OCO2. The van der Waals surface area contributed by atoms with Gasteiger partial charge >= 0.3 is 5.97 Å². The van der Waals surface area contributed by atoms with Crippen LogP contribution in [0.2, 0.25) is 0 Å². The molecule has 0 bridgehead atoms. The van der Waals surface area contributed by atoms with Gasteiger partial charge in [0.1, 0.15) is 0 Å². The number of carboxylic acids is 1. The first kappa shape index (κ1) is 12.2. The summed E-state index contributed by atoms with van der Waals surface area (Å²) < 4.78 is 11.3. The fourth-order valence-electron chi connectivity index (χ4n) is 1.84. The van der Waals surface area contributed by atoms with Crippen LogP contribution in [0.25, 0.3) is 0 Å². The Morgan fingerprint density at radius 3 is 2.94 bits per heavy atom. The third-order valence-electron chi connectivity index (χ3n) is 2.80. The van der Waals surface area contributed by atoms with Crippen LogP contribution in [0.5, 0.6) is 11.5 Å². The molecule has 6 heteroatoms. The average molecular weight is 302 g/mol. The van der Waals surface area contributed by atoms with Crippen LogP contribution in [0.3, 0.4) is 0 Å². The number of rotatable bonds is 3. The Hall–Kier alpha value is -1.27. The van der Waals surface area contributed by atoms with Crippen molar-refractivity contribution < 1.29 is 19.4 Å². The first-order valence-electron chi connectivity index (χ1n) is 5.07. The van der Waals surface area contributed by atoms with E-state index in [0.29, 0.717) is 17.1 Å². The molecule has 17 heavy (non-hydrogen) atoms. The highest BCUT2D eigenvalue weighted by atomic mass is 79.9. The zero-order valence-corrected chi connectivity index (χ0v) is 10.8. The van der Waals surface area contributed by atoms with Gasteiger partial charge in [-0.1, -0.05) is 0 Å². The summed E-state index contributed by atoms with van der Waals surface area (Å²) in [5.41, 5.74) is 6.96. The van der Waals surface area contributed by atoms with Gasteiger partial charge in [-0.05, 0) is 40.0 Å². The first-order chi connectivity index (χ1) is 8.06. The number of hydrogen-bond acceptors (Lipinski definition) is 4. The molecule has 1 aliphatic heterocycles. The summed E-state index contributed by atoms with van der Waals surface area (Å²) in [4.78, 5) is 11.1. The van der Waals surface area contributed by atoms with Crippen molar-refractivity contribution >= 4 is 21.9 Å². The number of aliphatic carboxylic acids is 1. The molecule has 0 fully saturated rings. The van der Waals surface area contributed by atoms with Crippen molar-refractivity contribution in [2.75, 3.05) is 13.3 Å². The smallest absolute Gasteiger partial charge is 0.312 e. The quantitative estimate of drug-likeness (QED) is 0.886. The van der Waals surface area contributed by atoms with Gasteiger partial charge in [-0.25, -0.2) is 0 Å². The summed E-state index contributed by atoms with van der Waals surface area (Å²) in [5, 5.41) is 9.12. The molecular formula is C11H12BrNO4. The van der Waals surface area contributed by atoms with Gasteiger partial charge in [-0.3, -0.25) is 4.79 Å². The van der Waals surface area contributed by atoms with E-state index in [-0.39, 0.29) is 13.3 Å². The summed E-state index contributed by atoms with van der Waals surface area (Å²) >= 11 is 3.39. The second kappa shape index (κ2) is 4.54. The monoisotopic (exact) mass is 301 g/mol. The minimum atomic E-state index is -0.943. The maximum absolute atomic E-state index is 11.1. The van der Waals surface area contributed by atoms with E-state index in [0.717, 1.165) is 10.0 Å². The number of carbonyl (C=O) groups is 1. The maximum atomic E-state index is 11.1. The third kappa shape index (κ3) is 1.98. The molecule has 1 atom stereocenters. The maximum Gasteiger partial charge on any atom is 0.312 e. The van der Waals surface area contributed by atoms with Crippen molar-refractivity contribution in [3.8, 4) is 11.5 Å². The molecular weight excluding hydrogens is 290 g/mol. The highest BCUT2D eigenvalue weighted by molar-refractivity contribution is 9.10. The fraction of sp³-hybridized carbons (Fsp3) is 0.364. The Labute approximate surface area is 107 Å². The molecule has 0 saturated heterocycles. The molecule has 92 valence electrons. The summed E-state index contributed by atoms with van der Waals surface area (Å²) in [6, 6.07) is 1.69. The van der Waals surface area contributed by atoms with Crippen molar-refractivity contribution in [3.05, 3.63) is 21.7 Å². The van der Waals surface area contributed by atoms with Gasteiger partial charge in [-0.15, -0.1) is 0 Å². The van der Waals surface area contributed by atoms with Crippen LogP contribution in [0, 0.1) is 6.92 Å². The highest BCUT2D eigenvalue weighted by Crippen LogP contribution is 2.44. The average Bonchev–Trinajstić information content (AvgIpc) is 2.73. The summed E-state index contributed by atoms with van der Waals surface area (Å²) in [7, 11) is 0. The van der Waals surface area contributed by atoms with Crippen molar-refractivity contribution in [3.63, 3.8) is 0 Å². The van der Waals surface area contributed by atoms with E-state index in [9.17, 15) is 4.79 Å². The Morgan fingerprint density at radius 2 is 2.35 bits per heavy atom. The zero-order chi connectivity index (χ0) is 12.6. The van der Waals surface area contributed by atoms with Crippen LogP contribution in [-0.4, -0.2) is 24.4 Å². The van der Waals surface area contributed by atoms with Crippen LogP contribution in [0.15, 0.2) is 10.5 Å². The largest absolute Gasteiger partial charge is 0.481 e. The van der Waals surface area contributed by atoms with Crippen LogP contribution >= 0.6 is 15.9 Å². The predicted octanol–water partition coefficient (Wildman–Crippen LogP) is 1.61. The Balaban J connectivity index is 2.55. The lowest BCUT2D eigenvalue weighted by Gasteiger charge is -2.15. The van der Waals surface area contributed by atoms with Crippen LogP contribution in [0.1, 0.15) is 17.0 Å². The Bertz CT molecular complexity index is 475. The molecule has 1 aliphatic rings. The Morgan fingerprint density at radius 1 is 1.65 bits per heavy atom. The minimum absolute atomic E-state index is 0.0439. The van der Waals surface area contributed by atoms with Crippen molar-refractivity contribution in [2.24, 2.45) is 5.73 Å². The van der Waals surface area contributed by atoms with Crippen LogP contribution in [0.4, 0.5) is 0 Å². The van der Waals surface area contributed by atoms with E-state index in [1.54, 1.807) is 6.07 Å². The molecule has 0 aliphatic carbocycles. The van der Waals surface area contributed by atoms with E-state index >= 15 is 0 Å². The molecule has 3 N–H and O–H groups in total. The summed E-state index contributed by atoms with van der Waals surface area (Å²) in [6.45, 7) is 2.02. The number of ether oxygens (including phenoxy) is 2. The number of carboxylic acid groups (broad SMARTS) is 1. The standard InChI is InChI=1S/C11H12BrNO4/c1-5-6(7(3-13)11(14)15)2-8-10(9(5)12)17-4-16-8/h2,7H,3-4,13H2,1H3,(H,14,15). The van der Waals surface area contributed by atoms with Crippen LogP contribution in [-0.2, 0) is 4.79 Å². The van der Waals surface area contributed by atoms with Gasteiger partial charge in [0.15, 0.2) is 11.5 Å². The normalized spacial score (nSPS) is 14.8. The molecule has 1 unspecified atom stereocenters. The van der Waals surface area contributed by atoms with Gasteiger partial charge in [0.25, 0.3) is 0 Å². The van der Waals surface area contributed by atoms with Crippen LogP contribution < -0.4 is 15.2 Å². The molecule has 1 aromatic rings. The van der Waals surface area contributed by atoms with E-state index in [4.69, 9.17) is 20.3 Å². The van der Waals surface area contributed by atoms with E-state index < -0.39 is 11.9 Å². The molecule has 2 rings (SSSR count). The van der Waals surface area contributed by atoms with Gasteiger partial charge in [0.05, 0.1) is 10.4 Å². The van der Waals surface area contributed by atoms with E-state index in [1.165, 1.54) is 0 Å². The number of fused-ring (bicyclic) bond motifs is 1. The first-order valence-corrected chi connectivity index (χ1v) is 5.87. The lowest BCUT2D eigenvalue weighted by molar-refractivity contribution is -0.138. The molecule has 0 aromatic heterocycles. The minimum Gasteiger partial charge on any atom is -0.481 e. The van der Waals surface area contributed by atoms with Crippen molar-refractivity contribution in [1.29, 1.82) is 0 Å². The number of hydrogen-bond donors (Lipinski definition) is 2. The van der Waals surface area contributed by atoms with E-state index in [1.807, 2.05) is 6.92 Å². The van der Waals surface area contributed by atoms with E-state index in [2.05, 4.69) is 15.9 Å². The second-order valence-corrected chi connectivity index (χ2v) is 4.56. The second-order valence-electron chi connectivity index (χ2n) is 3.77. The van der Waals surface area contributed by atoms with Gasteiger partial charge in [-0.2, -0.15) is 0 Å². The number of benzene rings is 1. The zero-order valence-electron chi connectivity index (χ0n) is 9.20. The lowest BCUT2D eigenvalue weighted by atomic mass is 9.94. The summed E-state index contributed by atoms with van der Waals surface area (Å²) in [6.07, 6.45) is 0. The van der Waals surface area contributed by atoms with Gasteiger partial charge in [0, 0.05) is 6.54 Å². The number of halogens is 1. The van der Waals surface area contributed by atoms with Gasteiger partial charge in [0.2, 0.25) is 6.79 Å².